The number of ether oxygens (including phenoxy) is 1. The predicted molar refractivity (Wildman–Crippen MR) is 122 cm³/mol. The van der Waals surface area contributed by atoms with Gasteiger partial charge in [-0.05, 0) is 57.1 Å². The molecule has 2 aliphatic carbocycles. The highest BCUT2D eigenvalue weighted by Gasteiger charge is 2.45. The summed E-state index contributed by atoms with van der Waals surface area (Å²) in [7, 11) is -7.16. The molecule has 2 N–H and O–H groups in total. The number of benzene rings is 1. The zero-order valence-corrected chi connectivity index (χ0v) is 20.8. The topological polar surface area (TPSA) is 151 Å². The number of halogens is 3. The zero-order valence-electron chi connectivity index (χ0n) is 19.2. The minimum Gasteiger partial charge on any atom is -0.465 e. The quantitative estimate of drug-likeness (QED) is 0.565. The van der Waals surface area contributed by atoms with Gasteiger partial charge >= 0.3 is 12.3 Å². The van der Waals surface area contributed by atoms with Gasteiger partial charge in [-0.25, -0.2) is 21.6 Å². The fourth-order valence-corrected chi connectivity index (χ4v) is 7.79. The second-order valence-electron chi connectivity index (χ2n) is 9.21. The molecule has 1 aromatic carbocycles. The summed E-state index contributed by atoms with van der Waals surface area (Å²) >= 11 is 0. The molecule has 0 bridgehead atoms. The first-order valence-electron chi connectivity index (χ1n) is 11.4. The number of hydrogen-bond acceptors (Lipinski definition) is 7. The first-order valence-corrected chi connectivity index (χ1v) is 14.7. The molecule has 9 nitrogen and oxygen atoms in total. The van der Waals surface area contributed by atoms with Gasteiger partial charge in [0, 0.05) is 0 Å². The Balaban J connectivity index is 0.000000338. The van der Waals surface area contributed by atoms with Crippen molar-refractivity contribution in [3.05, 3.63) is 29.8 Å². The summed E-state index contributed by atoms with van der Waals surface area (Å²) in [6.45, 7) is 0. The number of alkyl halides is 3. The van der Waals surface area contributed by atoms with E-state index in [1.807, 2.05) is 6.07 Å². The fourth-order valence-electron chi connectivity index (χ4n) is 4.31. The third kappa shape index (κ3) is 7.10. The molecule has 0 radical (unpaired) electrons. The molecule has 1 heterocycles. The van der Waals surface area contributed by atoms with E-state index in [0.717, 1.165) is 12.1 Å². The average molecular weight is 553 g/mol. The van der Waals surface area contributed by atoms with Crippen LogP contribution in [-0.2, 0) is 30.6 Å². The monoisotopic (exact) mass is 552 g/mol. The summed E-state index contributed by atoms with van der Waals surface area (Å²) in [6.07, 6.45) is -3.67. The highest BCUT2D eigenvalue weighted by atomic mass is 32.2. The third-order valence-electron chi connectivity index (χ3n) is 6.47. The number of carboxylic acid groups (broad SMARTS) is 1. The maximum absolute atomic E-state index is 13.2. The Labute approximate surface area is 207 Å². The molecule has 2 atom stereocenters. The van der Waals surface area contributed by atoms with Gasteiger partial charge in [-0.1, -0.05) is 12.1 Å². The highest BCUT2D eigenvalue weighted by Crippen LogP contribution is 2.39. The van der Waals surface area contributed by atoms with E-state index in [-0.39, 0.29) is 36.6 Å². The largest absolute Gasteiger partial charge is 0.465 e. The van der Waals surface area contributed by atoms with E-state index in [1.165, 1.54) is 12.1 Å². The van der Waals surface area contributed by atoms with Crippen LogP contribution < -0.4 is 5.32 Å². The number of nitriles is 1. The molecule has 3 fully saturated rings. The lowest BCUT2D eigenvalue weighted by Crippen LogP contribution is -2.33. The molecule has 3 aliphatic rings. The van der Waals surface area contributed by atoms with Crippen molar-refractivity contribution in [2.45, 2.75) is 79.0 Å². The van der Waals surface area contributed by atoms with Crippen LogP contribution in [0.1, 0.15) is 50.5 Å². The predicted octanol–water partition coefficient (Wildman–Crippen LogP) is 3.30. The summed E-state index contributed by atoms with van der Waals surface area (Å²) in [4.78, 5) is 9.26. The van der Waals surface area contributed by atoms with E-state index in [1.54, 1.807) is 0 Å². The maximum Gasteiger partial charge on any atom is 0.417 e. The Morgan fingerprint density at radius 1 is 1.11 bits per heavy atom. The second-order valence-corrected chi connectivity index (χ2v) is 13.7. The third-order valence-corrected chi connectivity index (χ3v) is 10.5. The number of carbonyl (C=O) groups is 1. The van der Waals surface area contributed by atoms with E-state index in [2.05, 4.69) is 5.32 Å². The number of rotatable bonds is 5. The number of amides is 1. The van der Waals surface area contributed by atoms with Crippen LogP contribution in [0.4, 0.5) is 18.0 Å². The van der Waals surface area contributed by atoms with Gasteiger partial charge in [-0.2, -0.15) is 18.4 Å². The van der Waals surface area contributed by atoms with Crippen molar-refractivity contribution < 1.29 is 44.6 Å². The molecule has 14 heteroatoms. The summed E-state index contributed by atoms with van der Waals surface area (Å²) in [5.41, 5.74) is -1.88. The Morgan fingerprint density at radius 2 is 1.72 bits per heavy atom. The maximum atomic E-state index is 13.2. The molecule has 2 saturated carbocycles. The number of nitrogens with one attached hydrogen (secondary N) is 1. The summed E-state index contributed by atoms with van der Waals surface area (Å²) < 4.78 is 93.9. The van der Waals surface area contributed by atoms with Crippen LogP contribution in [0.15, 0.2) is 29.2 Å². The lowest BCUT2D eigenvalue weighted by Gasteiger charge is -2.25. The lowest BCUT2D eigenvalue weighted by molar-refractivity contribution is -0.139. The molecule has 4 rings (SSSR count). The minimum absolute atomic E-state index is 0.0467. The van der Waals surface area contributed by atoms with Crippen LogP contribution in [0.3, 0.4) is 0 Å². The van der Waals surface area contributed by atoms with Crippen LogP contribution in [0, 0.1) is 11.3 Å². The molecule has 0 spiro atoms. The molecule has 1 aromatic rings. The SMILES string of the molecule is N#CC1(NC(=O)O)CC1.O=S1(=O)CCC(O[C@@H]2CC[C@@H](S(=O)(=O)c3ccccc3C(F)(F)F)C2)CC1. The van der Waals surface area contributed by atoms with E-state index in [4.69, 9.17) is 15.1 Å². The summed E-state index contributed by atoms with van der Waals surface area (Å²) in [6, 6.07) is 6.12. The number of sulfone groups is 2. The smallest absolute Gasteiger partial charge is 0.417 e. The van der Waals surface area contributed by atoms with Crippen molar-refractivity contribution >= 4 is 25.8 Å². The van der Waals surface area contributed by atoms with Crippen molar-refractivity contribution in [2.24, 2.45) is 0 Å². The molecule has 0 aromatic heterocycles. The van der Waals surface area contributed by atoms with Gasteiger partial charge in [-0.15, -0.1) is 0 Å². The number of hydrogen-bond donors (Lipinski definition) is 2. The van der Waals surface area contributed by atoms with Crippen molar-refractivity contribution in [2.75, 3.05) is 11.5 Å². The van der Waals surface area contributed by atoms with Gasteiger partial charge in [0.2, 0.25) is 0 Å². The molecule has 0 unspecified atom stereocenters. The Kier molecular flexibility index (Phi) is 8.26. The standard InChI is InChI=1S/C17H21F3O5S2.C5H6N2O2/c18-17(19,20)15-3-1-2-4-16(15)27(23,24)14-6-5-13(11-14)25-12-7-9-26(21,22)10-8-12;6-3-5(1-2-5)7-4(8)9/h1-4,12-14H,5-11H2;7H,1-2H2,(H,8,9)/t13-,14-;/m1./s1. The highest BCUT2D eigenvalue weighted by molar-refractivity contribution is 7.92. The normalized spacial score (nSPS) is 25.2. The minimum atomic E-state index is -4.74. The Hall–Kier alpha value is -2.37. The van der Waals surface area contributed by atoms with Gasteiger partial charge in [-0.3, -0.25) is 0 Å². The lowest BCUT2D eigenvalue weighted by atomic mass is 10.2. The van der Waals surface area contributed by atoms with Gasteiger partial charge in [0.1, 0.15) is 5.54 Å². The van der Waals surface area contributed by atoms with Crippen LogP contribution >= 0.6 is 0 Å². The molecule has 36 heavy (non-hydrogen) atoms. The van der Waals surface area contributed by atoms with Gasteiger partial charge in [0.15, 0.2) is 19.7 Å². The molecular formula is C22H27F3N2O7S2. The molecule has 1 aliphatic heterocycles. The second kappa shape index (κ2) is 10.5. The van der Waals surface area contributed by atoms with Crippen molar-refractivity contribution in [1.29, 1.82) is 5.26 Å². The van der Waals surface area contributed by atoms with Crippen LogP contribution in [0.5, 0.6) is 0 Å². The molecule has 1 amide bonds. The molecule has 200 valence electrons. The van der Waals surface area contributed by atoms with Crippen LogP contribution in [0.2, 0.25) is 0 Å². The van der Waals surface area contributed by atoms with Crippen molar-refractivity contribution in [3.8, 4) is 6.07 Å². The summed E-state index contributed by atoms with van der Waals surface area (Å²) in [5.74, 6) is 0.0934. The zero-order chi connectivity index (χ0) is 26.8. The van der Waals surface area contributed by atoms with Crippen molar-refractivity contribution in [1.82, 2.24) is 5.32 Å². The molecular weight excluding hydrogens is 525 g/mol. The summed E-state index contributed by atoms with van der Waals surface area (Å²) in [5, 5.41) is 17.7. The van der Waals surface area contributed by atoms with E-state index < -0.39 is 53.2 Å². The average Bonchev–Trinajstić information content (AvgIpc) is 3.39. The van der Waals surface area contributed by atoms with E-state index in [0.29, 0.717) is 32.1 Å². The van der Waals surface area contributed by atoms with Gasteiger partial charge in [0.05, 0.1) is 45.5 Å². The Morgan fingerprint density at radius 3 is 2.22 bits per heavy atom. The van der Waals surface area contributed by atoms with E-state index in [9.17, 15) is 34.8 Å². The van der Waals surface area contributed by atoms with Crippen LogP contribution in [0.25, 0.3) is 0 Å². The van der Waals surface area contributed by atoms with Gasteiger partial charge < -0.3 is 15.2 Å². The first kappa shape index (κ1) is 28.2. The van der Waals surface area contributed by atoms with Crippen molar-refractivity contribution in [3.63, 3.8) is 0 Å². The van der Waals surface area contributed by atoms with Crippen LogP contribution in [-0.4, -0.2) is 62.5 Å². The first-order chi connectivity index (χ1) is 16.7. The van der Waals surface area contributed by atoms with E-state index >= 15 is 0 Å². The Bertz CT molecular complexity index is 1210. The fraction of sp³-hybridized carbons (Fsp3) is 0.636. The van der Waals surface area contributed by atoms with Gasteiger partial charge in [0.25, 0.3) is 0 Å². The number of nitrogens with zero attached hydrogens (tertiary/aromatic N) is 1. The molecule has 1 saturated heterocycles.